The third-order valence-electron chi connectivity index (χ3n) is 2.90. The first-order valence-corrected chi connectivity index (χ1v) is 6.20. The molecule has 1 aromatic heterocycles. The van der Waals surface area contributed by atoms with Crippen LogP contribution in [0.5, 0.6) is 0 Å². The van der Waals surface area contributed by atoms with Crippen molar-refractivity contribution in [2.45, 2.75) is 32.6 Å². The summed E-state index contributed by atoms with van der Waals surface area (Å²) in [5.41, 5.74) is 2.05. The lowest BCUT2D eigenvalue weighted by molar-refractivity contribution is -0.139. The Morgan fingerprint density at radius 2 is 2.21 bits per heavy atom. The fraction of sp³-hybridized carbons (Fsp3) is 0.357. The topological polar surface area (TPSA) is 76.2 Å². The number of carboxylic acid groups (broad SMARTS) is 1. The summed E-state index contributed by atoms with van der Waals surface area (Å²) in [6.45, 7) is 3.86. The highest BCUT2D eigenvalue weighted by Crippen LogP contribution is 2.21. The second-order valence-electron chi connectivity index (χ2n) is 4.47. The van der Waals surface area contributed by atoms with Gasteiger partial charge in [-0.15, -0.1) is 10.2 Å². The van der Waals surface area contributed by atoms with E-state index in [1.165, 1.54) is 0 Å². The Labute approximate surface area is 111 Å². The van der Waals surface area contributed by atoms with Crippen molar-refractivity contribution in [3.8, 4) is 0 Å². The normalized spacial score (nSPS) is 12.3. The number of rotatable bonds is 5. The van der Waals surface area contributed by atoms with E-state index < -0.39 is 11.9 Å². The number of hydrogen-bond donors (Lipinski definition) is 1. The molecule has 1 heterocycles. The predicted octanol–water partition coefficient (Wildman–Crippen LogP) is 2.35. The molecule has 0 fully saturated rings. The summed E-state index contributed by atoms with van der Waals surface area (Å²) in [5, 5.41) is 17.0. The van der Waals surface area contributed by atoms with Gasteiger partial charge in [-0.05, 0) is 18.9 Å². The van der Waals surface area contributed by atoms with Crippen LogP contribution in [-0.2, 0) is 17.6 Å². The van der Waals surface area contributed by atoms with Crippen LogP contribution in [-0.4, -0.2) is 21.3 Å². The monoisotopic (exact) mass is 260 g/mol. The van der Waals surface area contributed by atoms with Crippen LogP contribution in [0.3, 0.4) is 0 Å². The Hall–Kier alpha value is -2.17. The van der Waals surface area contributed by atoms with Crippen LogP contribution in [0.15, 0.2) is 28.7 Å². The highest BCUT2D eigenvalue weighted by molar-refractivity contribution is 5.75. The van der Waals surface area contributed by atoms with Crippen LogP contribution in [0.25, 0.3) is 0 Å². The lowest BCUT2D eigenvalue weighted by Gasteiger charge is -2.08. The third-order valence-corrected chi connectivity index (χ3v) is 2.90. The van der Waals surface area contributed by atoms with Crippen molar-refractivity contribution in [1.82, 2.24) is 10.2 Å². The smallest absolute Gasteiger partial charge is 0.316 e. The van der Waals surface area contributed by atoms with Crippen LogP contribution in [0.1, 0.15) is 35.7 Å². The maximum atomic E-state index is 11.4. The summed E-state index contributed by atoms with van der Waals surface area (Å²) in [6.07, 6.45) is 0.951. The van der Waals surface area contributed by atoms with Gasteiger partial charge in [-0.3, -0.25) is 4.79 Å². The van der Waals surface area contributed by atoms with Gasteiger partial charge >= 0.3 is 5.97 Å². The molecule has 1 aromatic carbocycles. The average molecular weight is 260 g/mol. The van der Waals surface area contributed by atoms with Crippen LogP contribution in [0.2, 0.25) is 0 Å². The van der Waals surface area contributed by atoms with E-state index in [4.69, 9.17) is 4.42 Å². The molecule has 2 rings (SSSR count). The van der Waals surface area contributed by atoms with Crippen molar-refractivity contribution >= 4 is 5.97 Å². The Morgan fingerprint density at radius 3 is 2.79 bits per heavy atom. The van der Waals surface area contributed by atoms with Crippen LogP contribution >= 0.6 is 0 Å². The molecule has 0 aliphatic carbocycles. The van der Waals surface area contributed by atoms with E-state index in [1.807, 2.05) is 38.1 Å². The van der Waals surface area contributed by atoms with E-state index in [9.17, 15) is 9.90 Å². The summed E-state index contributed by atoms with van der Waals surface area (Å²) in [7, 11) is 0. The maximum Gasteiger partial charge on any atom is 0.316 e. The van der Waals surface area contributed by atoms with E-state index in [-0.39, 0.29) is 5.89 Å². The van der Waals surface area contributed by atoms with Crippen LogP contribution in [0.4, 0.5) is 0 Å². The van der Waals surface area contributed by atoms with Gasteiger partial charge in [0.1, 0.15) is 5.92 Å². The van der Waals surface area contributed by atoms with Gasteiger partial charge < -0.3 is 9.52 Å². The molecule has 100 valence electrons. The van der Waals surface area contributed by atoms with Gasteiger partial charge in [0.2, 0.25) is 11.8 Å². The van der Waals surface area contributed by atoms with Gasteiger partial charge in [-0.25, -0.2) is 0 Å². The molecule has 1 N–H and O–H groups in total. The highest BCUT2D eigenvalue weighted by Gasteiger charge is 2.26. The van der Waals surface area contributed by atoms with Gasteiger partial charge in [0, 0.05) is 6.42 Å². The molecule has 0 saturated heterocycles. The lowest BCUT2D eigenvalue weighted by Crippen LogP contribution is -2.15. The molecule has 0 bridgehead atoms. The maximum absolute atomic E-state index is 11.4. The van der Waals surface area contributed by atoms with E-state index in [2.05, 4.69) is 10.2 Å². The fourth-order valence-electron chi connectivity index (χ4n) is 1.91. The Morgan fingerprint density at radius 1 is 1.42 bits per heavy atom. The van der Waals surface area contributed by atoms with Gasteiger partial charge in [-0.2, -0.15) is 0 Å². The summed E-state index contributed by atoms with van der Waals surface area (Å²) in [6, 6.07) is 7.75. The lowest BCUT2D eigenvalue weighted by atomic mass is 9.98. The summed E-state index contributed by atoms with van der Waals surface area (Å²) < 4.78 is 5.36. The van der Waals surface area contributed by atoms with Gasteiger partial charge in [0.25, 0.3) is 0 Å². The van der Waals surface area contributed by atoms with Crippen molar-refractivity contribution in [3.05, 3.63) is 47.2 Å². The molecule has 5 heteroatoms. The number of aliphatic carboxylic acids is 1. The van der Waals surface area contributed by atoms with Crippen molar-refractivity contribution in [2.24, 2.45) is 0 Å². The SMILES string of the molecule is CCc1nnc(C(Cc2cccc(C)c2)C(=O)O)o1. The second kappa shape index (κ2) is 5.65. The Kier molecular flexibility index (Phi) is 3.94. The second-order valence-corrected chi connectivity index (χ2v) is 4.47. The molecule has 1 atom stereocenters. The molecule has 5 nitrogen and oxygen atoms in total. The summed E-state index contributed by atoms with van der Waals surface area (Å²) in [5.74, 6) is -1.11. The quantitative estimate of drug-likeness (QED) is 0.893. The molecule has 19 heavy (non-hydrogen) atoms. The standard InChI is InChI=1S/C14H16N2O3/c1-3-12-15-16-13(19-12)11(14(17)18)8-10-6-4-5-9(2)7-10/h4-7,11H,3,8H2,1-2H3,(H,17,18). The summed E-state index contributed by atoms with van der Waals surface area (Å²) >= 11 is 0. The molecule has 0 aliphatic rings. The largest absolute Gasteiger partial charge is 0.481 e. The van der Waals surface area contributed by atoms with Crippen molar-refractivity contribution in [1.29, 1.82) is 0 Å². The molecule has 0 aliphatic heterocycles. The molecule has 0 radical (unpaired) electrons. The molecule has 0 amide bonds. The van der Waals surface area contributed by atoms with Crippen molar-refractivity contribution in [3.63, 3.8) is 0 Å². The van der Waals surface area contributed by atoms with E-state index >= 15 is 0 Å². The molecule has 2 aromatic rings. The van der Waals surface area contributed by atoms with Gasteiger partial charge in [0.05, 0.1) is 0 Å². The predicted molar refractivity (Wildman–Crippen MR) is 68.9 cm³/mol. The first-order chi connectivity index (χ1) is 9.10. The zero-order valence-corrected chi connectivity index (χ0v) is 11.0. The average Bonchev–Trinajstić information content (AvgIpc) is 2.84. The van der Waals surface area contributed by atoms with Crippen molar-refractivity contribution < 1.29 is 14.3 Å². The third kappa shape index (κ3) is 3.19. The number of carboxylic acids is 1. The minimum Gasteiger partial charge on any atom is -0.481 e. The van der Waals surface area contributed by atoms with E-state index in [0.29, 0.717) is 18.7 Å². The minimum absolute atomic E-state index is 0.172. The minimum atomic E-state index is -0.951. The molecular formula is C14H16N2O3. The first-order valence-electron chi connectivity index (χ1n) is 6.20. The number of benzene rings is 1. The number of aromatic nitrogens is 2. The van der Waals surface area contributed by atoms with Crippen LogP contribution in [0, 0.1) is 6.92 Å². The van der Waals surface area contributed by atoms with Crippen LogP contribution < -0.4 is 0 Å². The number of carbonyl (C=O) groups is 1. The number of aryl methyl sites for hydroxylation is 2. The zero-order chi connectivity index (χ0) is 13.8. The van der Waals surface area contributed by atoms with E-state index in [0.717, 1.165) is 11.1 Å². The number of hydrogen-bond acceptors (Lipinski definition) is 4. The molecular weight excluding hydrogens is 244 g/mol. The van der Waals surface area contributed by atoms with Crippen molar-refractivity contribution in [2.75, 3.05) is 0 Å². The highest BCUT2D eigenvalue weighted by atomic mass is 16.4. The van der Waals surface area contributed by atoms with E-state index in [1.54, 1.807) is 0 Å². The first kappa shape index (κ1) is 13.3. The van der Waals surface area contributed by atoms with Gasteiger partial charge in [0.15, 0.2) is 0 Å². The fourth-order valence-corrected chi connectivity index (χ4v) is 1.91. The summed E-state index contributed by atoms with van der Waals surface area (Å²) in [4.78, 5) is 11.4. The molecule has 0 saturated carbocycles. The number of nitrogens with zero attached hydrogens (tertiary/aromatic N) is 2. The van der Waals surface area contributed by atoms with Gasteiger partial charge in [-0.1, -0.05) is 36.8 Å². The molecule has 1 unspecified atom stereocenters. The Bertz CT molecular complexity index is 578. The molecule has 0 spiro atoms. The zero-order valence-electron chi connectivity index (χ0n) is 11.0. The Balaban J connectivity index is 2.23.